The van der Waals surface area contributed by atoms with E-state index >= 15 is 0 Å². The van der Waals surface area contributed by atoms with Crippen molar-refractivity contribution in [2.24, 2.45) is 5.92 Å². The average molecular weight is 217 g/mol. The van der Waals surface area contributed by atoms with Gasteiger partial charge in [-0.1, -0.05) is 18.2 Å². The molecule has 1 fully saturated rings. The molecule has 1 N–H and O–H groups in total. The molecule has 0 spiro atoms. The molecule has 1 aromatic carbocycles. The zero-order chi connectivity index (χ0) is 11.0. The lowest BCUT2D eigenvalue weighted by Gasteiger charge is -2.29. The van der Waals surface area contributed by atoms with E-state index in [0.717, 1.165) is 25.3 Å². The van der Waals surface area contributed by atoms with Crippen molar-refractivity contribution in [1.82, 2.24) is 0 Å². The van der Waals surface area contributed by atoms with Gasteiger partial charge in [-0.15, -0.1) is 0 Å². The second-order valence-electron chi connectivity index (χ2n) is 4.57. The summed E-state index contributed by atoms with van der Waals surface area (Å²) in [5, 5.41) is 2.93. The highest BCUT2D eigenvalue weighted by atomic mass is 16.5. The molecule has 0 bridgehead atoms. The number of hydrogen-bond acceptors (Lipinski definition) is 2. The number of benzene rings is 1. The molecule has 1 aromatic rings. The van der Waals surface area contributed by atoms with E-state index in [1.807, 2.05) is 18.2 Å². The number of carbonyl (C=O) groups excluding carboxylic acids is 1. The zero-order valence-corrected chi connectivity index (χ0v) is 9.11. The molecular formula is C13H15NO2. The number of ether oxygens (including phenoxy) is 1. The quantitative estimate of drug-likeness (QED) is 0.782. The molecular weight excluding hydrogens is 202 g/mol. The highest BCUT2D eigenvalue weighted by Gasteiger charge is 2.33. The summed E-state index contributed by atoms with van der Waals surface area (Å²) in [6.45, 7) is 1.64. The Labute approximate surface area is 94.8 Å². The second-order valence-corrected chi connectivity index (χ2v) is 4.57. The number of rotatable bonds is 1. The fraction of sp³-hybridized carbons (Fsp3) is 0.462. The van der Waals surface area contributed by atoms with E-state index in [1.54, 1.807) is 0 Å². The lowest BCUT2D eigenvalue weighted by molar-refractivity contribution is -0.117. The minimum atomic E-state index is 0.135. The van der Waals surface area contributed by atoms with Crippen molar-refractivity contribution < 1.29 is 9.53 Å². The maximum absolute atomic E-state index is 11.6. The van der Waals surface area contributed by atoms with Crippen LogP contribution in [0.4, 0.5) is 5.69 Å². The van der Waals surface area contributed by atoms with Gasteiger partial charge in [0, 0.05) is 18.7 Å². The van der Waals surface area contributed by atoms with Gasteiger partial charge in [-0.25, -0.2) is 0 Å². The number of hydrogen-bond donors (Lipinski definition) is 1. The van der Waals surface area contributed by atoms with Gasteiger partial charge in [0.1, 0.15) is 0 Å². The Balaban J connectivity index is 1.96. The highest BCUT2D eigenvalue weighted by molar-refractivity contribution is 5.94. The molecule has 2 aliphatic rings. The Kier molecular flexibility index (Phi) is 2.40. The summed E-state index contributed by atoms with van der Waals surface area (Å²) >= 11 is 0. The third-order valence-corrected chi connectivity index (χ3v) is 3.57. The van der Waals surface area contributed by atoms with Crippen molar-refractivity contribution in [3.05, 3.63) is 29.8 Å². The van der Waals surface area contributed by atoms with Crippen molar-refractivity contribution in [3.8, 4) is 0 Å². The molecule has 0 radical (unpaired) electrons. The van der Waals surface area contributed by atoms with Gasteiger partial charge >= 0.3 is 0 Å². The maximum atomic E-state index is 11.6. The molecule has 84 valence electrons. The molecule has 16 heavy (non-hydrogen) atoms. The van der Waals surface area contributed by atoms with Gasteiger partial charge < -0.3 is 10.1 Å². The molecule has 0 saturated carbocycles. The SMILES string of the molecule is O=C1C[C@H]([C@@H]2CCOC2)c2ccccc2N1. The minimum Gasteiger partial charge on any atom is -0.381 e. The first-order valence-corrected chi connectivity index (χ1v) is 5.81. The largest absolute Gasteiger partial charge is 0.381 e. The summed E-state index contributed by atoms with van der Waals surface area (Å²) in [5.41, 5.74) is 2.26. The summed E-state index contributed by atoms with van der Waals surface area (Å²) in [4.78, 5) is 11.6. The fourth-order valence-electron chi connectivity index (χ4n) is 2.74. The minimum absolute atomic E-state index is 0.135. The highest BCUT2D eigenvalue weighted by Crippen LogP contribution is 2.39. The van der Waals surface area contributed by atoms with Gasteiger partial charge in [-0.05, 0) is 29.9 Å². The Morgan fingerprint density at radius 3 is 3.00 bits per heavy atom. The maximum Gasteiger partial charge on any atom is 0.225 e. The van der Waals surface area contributed by atoms with E-state index in [-0.39, 0.29) is 5.91 Å². The van der Waals surface area contributed by atoms with E-state index < -0.39 is 0 Å². The average Bonchev–Trinajstić information content (AvgIpc) is 2.81. The summed E-state index contributed by atoms with van der Waals surface area (Å²) in [7, 11) is 0. The van der Waals surface area contributed by atoms with Crippen LogP contribution >= 0.6 is 0 Å². The lowest BCUT2D eigenvalue weighted by Crippen LogP contribution is -2.27. The molecule has 2 aliphatic heterocycles. The Bertz CT molecular complexity index is 410. The van der Waals surface area contributed by atoms with Crippen LogP contribution in [-0.4, -0.2) is 19.1 Å². The van der Waals surface area contributed by atoms with Crippen LogP contribution in [0.2, 0.25) is 0 Å². The first-order chi connectivity index (χ1) is 7.84. The van der Waals surface area contributed by atoms with Crippen molar-refractivity contribution in [3.63, 3.8) is 0 Å². The third kappa shape index (κ3) is 1.61. The van der Waals surface area contributed by atoms with E-state index in [1.165, 1.54) is 5.56 Å². The Morgan fingerprint density at radius 2 is 2.19 bits per heavy atom. The van der Waals surface area contributed by atoms with Crippen LogP contribution in [-0.2, 0) is 9.53 Å². The summed E-state index contributed by atoms with van der Waals surface area (Å²) in [5.74, 6) is 0.982. The van der Waals surface area contributed by atoms with E-state index in [0.29, 0.717) is 18.3 Å². The van der Waals surface area contributed by atoms with Crippen LogP contribution < -0.4 is 5.32 Å². The molecule has 1 saturated heterocycles. The molecule has 3 rings (SSSR count). The van der Waals surface area contributed by atoms with Crippen molar-refractivity contribution >= 4 is 11.6 Å². The summed E-state index contributed by atoms with van der Waals surface area (Å²) in [6, 6.07) is 8.11. The van der Waals surface area contributed by atoms with Crippen molar-refractivity contribution in [2.75, 3.05) is 18.5 Å². The molecule has 2 heterocycles. The number of carbonyl (C=O) groups is 1. The Morgan fingerprint density at radius 1 is 1.31 bits per heavy atom. The van der Waals surface area contributed by atoms with Crippen LogP contribution in [0.25, 0.3) is 0 Å². The zero-order valence-electron chi connectivity index (χ0n) is 9.11. The van der Waals surface area contributed by atoms with E-state index in [4.69, 9.17) is 4.74 Å². The lowest BCUT2D eigenvalue weighted by atomic mass is 9.80. The number of nitrogens with one attached hydrogen (secondary N) is 1. The van der Waals surface area contributed by atoms with E-state index in [2.05, 4.69) is 11.4 Å². The van der Waals surface area contributed by atoms with Crippen LogP contribution in [0, 0.1) is 5.92 Å². The van der Waals surface area contributed by atoms with Crippen LogP contribution in [0.15, 0.2) is 24.3 Å². The smallest absolute Gasteiger partial charge is 0.225 e. The van der Waals surface area contributed by atoms with Gasteiger partial charge in [0.15, 0.2) is 0 Å². The monoisotopic (exact) mass is 217 g/mol. The normalized spacial score (nSPS) is 28.6. The van der Waals surface area contributed by atoms with E-state index in [9.17, 15) is 4.79 Å². The van der Waals surface area contributed by atoms with Crippen LogP contribution in [0.1, 0.15) is 24.3 Å². The molecule has 0 aromatic heterocycles. The van der Waals surface area contributed by atoms with Gasteiger partial charge in [0.05, 0.1) is 6.61 Å². The summed E-state index contributed by atoms with van der Waals surface area (Å²) < 4.78 is 5.43. The molecule has 3 heteroatoms. The van der Waals surface area contributed by atoms with Gasteiger partial charge in [0.2, 0.25) is 5.91 Å². The predicted octanol–water partition coefficient (Wildman–Crippen LogP) is 2.15. The van der Waals surface area contributed by atoms with Gasteiger partial charge in [0.25, 0.3) is 0 Å². The molecule has 0 aliphatic carbocycles. The number of para-hydroxylation sites is 1. The second kappa shape index (κ2) is 3.91. The predicted molar refractivity (Wildman–Crippen MR) is 61.4 cm³/mol. The number of amides is 1. The number of fused-ring (bicyclic) bond motifs is 1. The molecule has 0 unspecified atom stereocenters. The van der Waals surface area contributed by atoms with Crippen LogP contribution in [0.5, 0.6) is 0 Å². The first kappa shape index (κ1) is 9.85. The van der Waals surface area contributed by atoms with Gasteiger partial charge in [-0.3, -0.25) is 4.79 Å². The Hall–Kier alpha value is -1.35. The fourth-order valence-corrected chi connectivity index (χ4v) is 2.74. The third-order valence-electron chi connectivity index (χ3n) is 3.57. The topological polar surface area (TPSA) is 38.3 Å². The van der Waals surface area contributed by atoms with Crippen molar-refractivity contribution in [2.45, 2.75) is 18.8 Å². The van der Waals surface area contributed by atoms with Crippen LogP contribution in [0.3, 0.4) is 0 Å². The standard InChI is InChI=1S/C13H15NO2/c15-13-7-11(9-5-6-16-8-9)10-3-1-2-4-12(10)14-13/h1-4,9,11H,5-8H2,(H,14,15)/t9-,11-/m1/s1. The number of anilines is 1. The molecule has 3 nitrogen and oxygen atoms in total. The van der Waals surface area contributed by atoms with Crippen molar-refractivity contribution in [1.29, 1.82) is 0 Å². The first-order valence-electron chi connectivity index (χ1n) is 5.81. The van der Waals surface area contributed by atoms with Gasteiger partial charge in [-0.2, -0.15) is 0 Å². The molecule has 2 atom stereocenters. The molecule has 1 amide bonds. The summed E-state index contributed by atoms with van der Waals surface area (Å²) in [6.07, 6.45) is 1.68.